The number of hydrogen-bond acceptors (Lipinski definition) is 7. The number of ether oxygens (including phenoxy) is 1. The van der Waals surface area contributed by atoms with E-state index in [-0.39, 0.29) is 17.7 Å². The highest BCUT2D eigenvalue weighted by Gasteiger charge is 2.35. The number of nitrogens with one attached hydrogen (secondary N) is 3. The number of pyridine rings is 2. The molecular weight excluding hydrogens is 430 g/mol. The van der Waals surface area contributed by atoms with Crippen molar-refractivity contribution in [3.63, 3.8) is 0 Å². The van der Waals surface area contributed by atoms with Gasteiger partial charge in [-0.3, -0.25) is 9.78 Å². The molecular formula is C23H28ClN5O3. The topological polar surface area (TPSA) is 97.4 Å². The average Bonchev–Trinajstić information content (AvgIpc) is 3.27. The summed E-state index contributed by atoms with van der Waals surface area (Å²) in [7, 11) is 0. The van der Waals surface area contributed by atoms with Gasteiger partial charge in [-0.25, -0.2) is 15.3 Å². The van der Waals surface area contributed by atoms with Gasteiger partial charge in [-0.2, -0.15) is 0 Å². The Bertz CT molecular complexity index is 928. The third kappa shape index (κ3) is 6.26. The molecule has 1 unspecified atom stereocenters. The minimum absolute atomic E-state index is 0.208. The summed E-state index contributed by atoms with van der Waals surface area (Å²) in [5.74, 6) is 0.245. The van der Waals surface area contributed by atoms with Gasteiger partial charge in [-0.15, -0.1) is 0 Å². The van der Waals surface area contributed by atoms with E-state index in [4.69, 9.17) is 21.2 Å². The second kappa shape index (κ2) is 10.9. The van der Waals surface area contributed by atoms with Crippen LogP contribution in [-0.2, 0) is 20.8 Å². The van der Waals surface area contributed by atoms with Crippen molar-refractivity contribution in [1.82, 2.24) is 20.8 Å². The maximum atomic E-state index is 12.0. The predicted octanol–water partition coefficient (Wildman–Crippen LogP) is 3.10. The van der Waals surface area contributed by atoms with E-state index in [1.807, 2.05) is 18.2 Å². The lowest BCUT2D eigenvalue weighted by Gasteiger charge is -2.30. The van der Waals surface area contributed by atoms with Gasteiger partial charge >= 0.3 is 0 Å². The Morgan fingerprint density at radius 2 is 2.31 bits per heavy atom. The molecule has 2 saturated heterocycles. The van der Waals surface area contributed by atoms with Crippen LogP contribution in [0.3, 0.4) is 0 Å². The molecule has 0 aromatic carbocycles. The monoisotopic (exact) mass is 457 g/mol. The molecule has 0 radical (unpaired) electrons. The minimum atomic E-state index is -0.383. The maximum absolute atomic E-state index is 12.0. The Morgan fingerprint density at radius 3 is 3.03 bits per heavy atom. The van der Waals surface area contributed by atoms with Gasteiger partial charge < -0.3 is 15.4 Å². The standard InChI is InChI=1S/C23H28ClN5O3/c24-19-13-17(7-8-20(30)29-32-21-6-2-4-12-31-21)15-27-22(19)28-23(9-11-25-16-23)14-18-5-1-3-10-26-18/h1,3,5,7-8,10,13,15,21,25H,2,4,6,9,11-12,14,16H2,(H,27,28)(H,29,30)/b8-7+/t21?,23-/m1/s1. The van der Waals surface area contributed by atoms with E-state index in [2.05, 4.69) is 26.1 Å². The smallest absolute Gasteiger partial charge is 0.267 e. The lowest BCUT2D eigenvalue weighted by atomic mass is 9.92. The first-order chi connectivity index (χ1) is 15.6. The van der Waals surface area contributed by atoms with Crippen LogP contribution >= 0.6 is 11.6 Å². The molecule has 2 aromatic rings. The van der Waals surface area contributed by atoms with Crippen LogP contribution in [0, 0.1) is 0 Å². The fourth-order valence-electron chi connectivity index (χ4n) is 3.92. The third-order valence-electron chi connectivity index (χ3n) is 5.59. The van der Waals surface area contributed by atoms with Crippen molar-refractivity contribution in [3.05, 3.63) is 59.0 Å². The first-order valence-corrected chi connectivity index (χ1v) is 11.3. The lowest BCUT2D eigenvalue weighted by molar-refractivity contribution is -0.198. The number of halogens is 1. The van der Waals surface area contributed by atoms with Crippen LogP contribution in [0.1, 0.15) is 36.9 Å². The number of amides is 1. The number of aromatic nitrogens is 2. The summed E-state index contributed by atoms with van der Waals surface area (Å²) in [6.07, 6.45) is 10.7. The highest BCUT2D eigenvalue weighted by Crippen LogP contribution is 2.29. The Balaban J connectivity index is 1.35. The first kappa shape index (κ1) is 22.7. The SMILES string of the molecule is O=C(/C=C/c1cnc(N[C@@]2(Cc3ccccn3)CCNC2)c(Cl)c1)NOC1CCCCO1. The van der Waals surface area contributed by atoms with Crippen LogP contribution in [0.25, 0.3) is 6.08 Å². The lowest BCUT2D eigenvalue weighted by Crippen LogP contribution is -2.43. The van der Waals surface area contributed by atoms with Crippen LogP contribution in [0.15, 0.2) is 42.7 Å². The molecule has 1 amide bonds. The molecule has 2 aromatic heterocycles. The van der Waals surface area contributed by atoms with Crippen LogP contribution < -0.4 is 16.1 Å². The number of hydrogen-bond donors (Lipinski definition) is 3. The number of hydroxylamine groups is 1. The van der Waals surface area contributed by atoms with Crippen molar-refractivity contribution in [2.45, 2.75) is 43.9 Å². The molecule has 8 nitrogen and oxygen atoms in total. The van der Waals surface area contributed by atoms with Crippen LogP contribution in [0.5, 0.6) is 0 Å². The fraction of sp³-hybridized carbons (Fsp3) is 0.435. The summed E-state index contributed by atoms with van der Waals surface area (Å²) in [6.45, 7) is 2.37. The van der Waals surface area contributed by atoms with E-state index in [1.165, 1.54) is 6.08 Å². The van der Waals surface area contributed by atoms with Crippen molar-refractivity contribution in [1.29, 1.82) is 0 Å². The molecule has 2 atom stereocenters. The van der Waals surface area contributed by atoms with Crippen LogP contribution in [0.4, 0.5) is 5.82 Å². The highest BCUT2D eigenvalue weighted by atomic mass is 35.5. The molecule has 9 heteroatoms. The van der Waals surface area contributed by atoms with E-state index in [0.717, 1.165) is 50.9 Å². The summed E-state index contributed by atoms with van der Waals surface area (Å²) in [4.78, 5) is 26.2. The first-order valence-electron chi connectivity index (χ1n) is 10.9. The van der Waals surface area contributed by atoms with Gasteiger partial charge in [-0.05, 0) is 55.6 Å². The summed E-state index contributed by atoms with van der Waals surface area (Å²) in [5.41, 5.74) is 3.92. The predicted molar refractivity (Wildman–Crippen MR) is 123 cm³/mol. The quantitative estimate of drug-likeness (QED) is 0.414. The largest absolute Gasteiger partial charge is 0.362 e. The number of nitrogens with zero attached hydrogens (tertiary/aromatic N) is 2. The van der Waals surface area contributed by atoms with Gasteiger partial charge in [0, 0.05) is 50.2 Å². The normalized spacial score (nSPS) is 23.3. The van der Waals surface area contributed by atoms with Crippen molar-refractivity contribution in [2.24, 2.45) is 0 Å². The van der Waals surface area contributed by atoms with E-state index in [0.29, 0.717) is 23.0 Å². The van der Waals surface area contributed by atoms with Crippen molar-refractivity contribution in [3.8, 4) is 0 Å². The molecule has 4 rings (SSSR count). The fourth-order valence-corrected chi connectivity index (χ4v) is 4.14. The van der Waals surface area contributed by atoms with Gasteiger partial charge in [0.05, 0.1) is 10.6 Å². The summed E-state index contributed by atoms with van der Waals surface area (Å²) in [5, 5.41) is 7.44. The maximum Gasteiger partial charge on any atom is 0.267 e. The second-order valence-electron chi connectivity index (χ2n) is 8.14. The van der Waals surface area contributed by atoms with Crippen molar-refractivity contribution >= 4 is 29.4 Å². The van der Waals surface area contributed by atoms with Crippen LogP contribution in [0.2, 0.25) is 5.02 Å². The molecule has 0 aliphatic carbocycles. The molecule has 0 spiro atoms. The molecule has 0 bridgehead atoms. The Kier molecular flexibility index (Phi) is 7.70. The number of anilines is 1. The summed E-state index contributed by atoms with van der Waals surface area (Å²) < 4.78 is 5.42. The Hall–Kier alpha value is -2.52. The molecule has 2 aliphatic heterocycles. The van der Waals surface area contributed by atoms with E-state index in [9.17, 15) is 4.79 Å². The van der Waals surface area contributed by atoms with E-state index >= 15 is 0 Å². The minimum Gasteiger partial charge on any atom is -0.362 e. The Morgan fingerprint density at radius 1 is 1.38 bits per heavy atom. The van der Waals surface area contributed by atoms with E-state index < -0.39 is 0 Å². The summed E-state index contributed by atoms with van der Waals surface area (Å²) in [6, 6.07) is 7.72. The van der Waals surface area contributed by atoms with Crippen molar-refractivity contribution < 1.29 is 14.4 Å². The average molecular weight is 458 g/mol. The zero-order valence-electron chi connectivity index (χ0n) is 17.9. The van der Waals surface area contributed by atoms with Crippen molar-refractivity contribution in [2.75, 3.05) is 25.0 Å². The van der Waals surface area contributed by atoms with Gasteiger partial charge in [-0.1, -0.05) is 17.7 Å². The molecule has 2 aliphatic rings. The molecule has 0 saturated carbocycles. The van der Waals surface area contributed by atoms with Gasteiger partial charge in [0.1, 0.15) is 5.82 Å². The van der Waals surface area contributed by atoms with Gasteiger partial charge in [0.15, 0.2) is 6.29 Å². The Labute approximate surface area is 192 Å². The zero-order chi connectivity index (χ0) is 22.2. The van der Waals surface area contributed by atoms with Gasteiger partial charge in [0.25, 0.3) is 5.91 Å². The molecule has 4 heterocycles. The number of carbonyl (C=O) groups excluding carboxylic acids is 1. The number of rotatable bonds is 8. The highest BCUT2D eigenvalue weighted by molar-refractivity contribution is 6.33. The molecule has 3 N–H and O–H groups in total. The molecule has 170 valence electrons. The van der Waals surface area contributed by atoms with Gasteiger partial charge in [0.2, 0.25) is 0 Å². The van der Waals surface area contributed by atoms with Crippen LogP contribution in [-0.4, -0.2) is 47.4 Å². The second-order valence-corrected chi connectivity index (χ2v) is 8.55. The summed E-state index contributed by atoms with van der Waals surface area (Å²) >= 11 is 6.51. The molecule has 2 fully saturated rings. The zero-order valence-corrected chi connectivity index (χ0v) is 18.6. The number of carbonyl (C=O) groups is 1. The molecule has 32 heavy (non-hydrogen) atoms. The van der Waals surface area contributed by atoms with E-state index in [1.54, 1.807) is 24.5 Å². The third-order valence-corrected chi connectivity index (χ3v) is 5.88.